The van der Waals surface area contributed by atoms with Crippen molar-refractivity contribution in [1.29, 1.82) is 0 Å². The van der Waals surface area contributed by atoms with E-state index in [4.69, 9.17) is 0 Å². The van der Waals surface area contributed by atoms with Gasteiger partial charge in [-0.1, -0.05) is 25.1 Å². The van der Waals surface area contributed by atoms with Gasteiger partial charge in [0.2, 0.25) is 0 Å². The molecule has 1 nitrogen and oxygen atoms in total. The van der Waals surface area contributed by atoms with Crippen molar-refractivity contribution in [3.63, 3.8) is 0 Å². The molecule has 1 N–H and O–H groups in total. The minimum atomic E-state index is 0.457. The van der Waals surface area contributed by atoms with Crippen molar-refractivity contribution >= 4 is 11.8 Å². The Labute approximate surface area is 103 Å². The molecule has 1 aromatic rings. The summed E-state index contributed by atoms with van der Waals surface area (Å²) < 4.78 is 0. The lowest BCUT2D eigenvalue weighted by Gasteiger charge is -2.17. The molecule has 2 heteroatoms. The third-order valence-corrected chi connectivity index (χ3v) is 3.37. The van der Waals surface area contributed by atoms with Gasteiger partial charge in [-0.15, -0.1) is 18.3 Å². The first-order valence-corrected chi connectivity index (χ1v) is 7.02. The van der Waals surface area contributed by atoms with E-state index in [1.54, 1.807) is 11.8 Å². The fourth-order valence-corrected chi connectivity index (χ4v) is 2.16. The molecule has 0 aliphatic carbocycles. The number of benzene rings is 1. The highest BCUT2D eigenvalue weighted by Crippen LogP contribution is 2.22. The summed E-state index contributed by atoms with van der Waals surface area (Å²) in [6, 6.07) is 9.29. The summed E-state index contributed by atoms with van der Waals surface area (Å²) in [6.07, 6.45) is 6.27. The molecule has 1 rings (SSSR count). The summed E-state index contributed by atoms with van der Waals surface area (Å²) in [5.74, 6) is 0. The molecule has 1 aromatic carbocycles. The van der Waals surface area contributed by atoms with Gasteiger partial charge in [-0.3, -0.25) is 0 Å². The summed E-state index contributed by atoms with van der Waals surface area (Å²) in [5.41, 5.74) is 1.38. The van der Waals surface area contributed by atoms with Crippen molar-refractivity contribution in [2.45, 2.75) is 30.7 Å². The van der Waals surface area contributed by atoms with Gasteiger partial charge in [0.1, 0.15) is 0 Å². The smallest absolute Gasteiger partial charge is 0.0323 e. The molecule has 0 fully saturated rings. The SMILES string of the molecule is C=CCCC(NCC)c1ccc(SC)cc1. The molecule has 0 heterocycles. The third-order valence-electron chi connectivity index (χ3n) is 2.63. The Kier molecular flexibility index (Phi) is 6.27. The average Bonchev–Trinajstić information content (AvgIpc) is 2.35. The summed E-state index contributed by atoms with van der Waals surface area (Å²) >= 11 is 1.78. The topological polar surface area (TPSA) is 12.0 Å². The van der Waals surface area contributed by atoms with E-state index < -0.39 is 0 Å². The zero-order chi connectivity index (χ0) is 11.8. The fourth-order valence-electron chi connectivity index (χ4n) is 1.75. The molecule has 0 spiro atoms. The first kappa shape index (κ1) is 13.3. The van der Waals surface area contributed by atoms with Crippen LogP contribution >= 0.6 is 11.8 Å². The van der Waals surface area contributed by atoms with Crippen LogP contribution in [0.1, 0.15) is 31.4 Å². The molecule has 0 aliphatic heterocycles. The molecule has 0 aromatic heterocycles. The normalized spacial score (nSPS) is 12.4. The molecule has 0 saturated heterocycles. The molecule has 0 saturated carbocycles. The van der Waals surface area contributed by atoms with E-state index >= 15 is 0 Å². The van der Waals surface area contributed by atoms with E-state index in [1.165, 1.54) is 10.5 Å². The average molecular weight is 235 g/mol. The molecule has 88 valence electrons. The number of nitrogens with one attached hydrogen (secondary N) is 1. The van der Waals surface area contributed by atoms with Crippen molar-refractivity contribution in [3.8, 4) is 0 Å². The minimum absolute atomic E-state index is 0.457. The van der Waals surface area contributed by atoms with E-state index in [1.807, 2.05) is 6.08 Å². The largest absolute Gasteiger partial charge is 0.310 e. The highest BCUT2D eigenvalue weighted by Gasteiger charge is 2.08. The first-order chi connectivity index (χ1) is 7.81. The summed E-state index contributed by atoms with van der Waals surface area (Å²) in [7, 11) is 0. The third kappa shape index (κ3) is 4.03. The highest BCUT2D eigenvalue weighted by molar-refractivity contribution is 7.98. The molecule has 1 atom stereocenters. The van der Waals surface area contributed by atoms with Crippen molar-refractivity contribution in [2.24, 2.45) is 0 Å². The molecule has 0 radical (unpaired) electrons. The lowest BCUT2D eigenvalue weighted by Crippen LogP contribution is -2.20. The van der Waals surface area contributed by atoms with Crippen LogP contribution in [0.3, 0.4) is 0 Å². The predicted molar refractivity (Wildman–Crippen MR) is 74.1 cm³/mol. The van der Waals surface area contributed by atoms with Crippen molar-refractivity contribution in [2.75, 3.05) is 12.8 Å². The fraction of sp³-hybridized carbons (Fsp3) is 0.429. The highest BCUT2D eigenvalue weighted by atomic mass is 32.2. The van der Waals surface area contributed by atoms with Crippen molar-refractivity contribution < 1.29 is 0 Å². The maximum absolute atomic E-state index is 3.78. The number of hydrogen-bond acceptors (Lipinski definition) is 2. The Bertz CT molecular complexity index is 305. The molecule has 0 amide bonds. The molecular weight excluding hydrogens is 214 g/mol. The second-order valence-electron chi connectivity index (χ2n) is 3.75. The second kappa shape index (κ2) is 7.53. The van der Waals surface area contributed by atoms with Gasteiger partial charge in [0.25, 0.3) is 0 Å². The van der Waals surface area contributed by atoms with E-state index in [0.717, 1.165) is 19.4 Å². The van der Waals surface area contributed by atoms with Crippen LogP contribution in [0, 0.1) is 0 Å². The van der Waals surface area contributed by atoms with Gasteiger partial charge < -0.3 is 5.32 Å². The molecule has 0 bridgehead atoms. The number of rotatable bonds is 7. The Hall–Kier alpha value is -0.730. The van der Waals surface area contributed by atoms with Gasteiger partial charge in [0.05, 0.1) is 0 Å². The number of thioether (sulfide) groups is 1. The van der Waals surface area contributed by atoms with Crippen LogP contribution in [0.15, 0.2) is 41.8 Å². The maximum Gasteiger partial charge on any atom is 0.0323 e. The van der Waals surface area contributed by atoms with Crippen molar-refractivity contribution in [1.82, 2.24) is 5.32 Å². The van der Waals surface area contributed by atoms with Crippen LogP contribution in [0.2, 0.25) is 0 Å². The quantitative estimate of drug-likeness (QED) is 0.566. The van der Waals surface area contributed by atoms with Gasteiger partial charge in [-0.2, -0.15) is 0 Å². The molecule has 0 aliphatic rings. The Morgan fingerprint density at radius 2 is 2.06 bits per heavy atom. The molecular formula is C14H21NS. The minimum Gasteiger partial charge on any atom is -0.310 e. The zero-order valence-electron chi connectivity index (χ0n) is 10.2. The summed E-state index contributed by atoms with van der Waals surface area (Å²) in [5, 5.41) is 3.52. The number of hydrogen-bond donors (Lipinski definition) is 1. The van der Waals surface area contributed by atoms with E-state index in [2.05, 4.69) is 49.3 Å². The Morgan fingerprint density at radius 3 is 2.56 bits per heavy atom. The van der Waals surface area contributed by atoms with Gasteiger partial charge in [-0.25, -0.2) is 0 Å². The van der Waals surface area contributed by atoms with Crippen LogP contribution in [0.5, 0.6) is 0 Å². The second-order valence-corrected chi connectivity index (χ2v) is 4.63. The lowest BCUT2D eigenvalue weighted by atomic mass is 10.0. The Balaban J connectivity index is 2.70. The zero-order valence-corrected chi connectivity index (χ0v) is 11.0. The first-order valence-electron chi connectivity index (χ1n) is 5.80. The summed E-state index contributed by atoms with van der Waals surface area (Å²) in [6.45, 7) is 6.94. The Morgan fingerprint density at radius 1 is 1.38 bits per heavy atom. The molecule has 16 heavy (non-hydrogen) atoms. The standard InChI is InChI=1S/C14H21NS/c1-4-6-7-14(15-5-2)12-8-10-13(16-3)11-9-12/h4,8-11,14-15H,1,5-7H2,2-3H3. The van der Waals surface area contributed by atoms with E-state index in [0.29, 0.717) is 6.04 Å². The van der Waals surface area contributed by atoms with E-state index in [-0.39, 0.29) is 0 Å². The number of allylic oxidation sites excluding steroid dienone is 1. The van der Waals surface area contributed by atoms with Gasteiger partial charge in [0, 0.05) is 10.9 Å². The van der Waals surface area contributed by atoms with Gasteiger partial charge in [-0.05, 0) is 43.3 Å². The van der Waals surface area contributed by atoms with Crippen LogP contribution < -0.4 is 5.32 Å². The van der Waals surface area contributed by atoms with Crippen LogP contribution in [0.4, 0.5) is 0 Å². The monoisotopic (exact) mass is 235 g/mol. The van der Waals surface area contributed by atoms with Gasteiger partial charge in [0.15, 0.2) is 0 Å². The summed E-state index contributed by atoms with van der Waals surface area (Å²) in [4.78, 5) is 1.32. The maximum atomic E-state index is 3.78. The molecule has 1 unspecified atom stereocenters. The van der Waals surface area contributed by atoms with E-state index in [9.17, 15) is 0 Å². The lowest BCUT2D eigenvalue weighted by molar-refractivity contribution is 0.519. The predicted octanol–water partition coefficient (Wildman–Crippen LogP) is 4.03. The van der Waals surface area contributed by atoms with Crippen molar-refractivity contribution in [3.05, 3.63) is 42.5 Å². The van der Waals surface area contributed by atoms with Gasteiger partial charge >= 0.3 is 0 Å². The van der Waals surface area contributed by atoms with Crippen LogP contribution in [0.25, 0.3) is 0 Å². The van der Waals surface area contributed by atoms with Crippen LogP contribution in [-0.2, 0) is 0 Å². The van der Waals surface area contributed by atoms with Crippen LogP contribution in [-0.4, -0.2) is 12.8 Å².